The van der Waals surface area contributed by atoms with Crippen LogP contribution in [-0.2, 0) is 11.2 Å². The number of aldehydes is 1. The molecule has 0 radical (unpaired) electrons. The van der Waals surface area contributed by atoms with Gasteiger partial charge in [0.1, 0.15) is 18.6 Å². The highest BCUT2D eigenvalue weighted by Gasteiger charge is 1.95. The molecule has 0 aliphatic carbocycles. The Kier molecular flexibility index (Phi) is 3.99. The van der Waals surface area contributed by atoms with E-state index in [4.69, 9.17) is 10.5 Å². The molecular formula is C10H13NO2. The van der Waals surface area contributed by atoms with Gasteiger partial charge < -0.3 is 15.3 Å². The minimum Gasteiger partial charge on any atom is -0.492 e. The molecule has 1 aromatic rings. The lowest BCUT2D eigenvalue weighted by molar-refractivity contribution is -0.107. The van der Waals surface area contributed by atoms with Crippen molar-refractivity contribution in [3.05, 3.63) is 29.8 Å². The van der Waals surface area contributed by atoms with E-state index in [9.17, 15) is 4.79 Å². The van der Waals surface area contributed by atoms with Gasteiger partial charge in [-0.25, -0.2) is 0 Å². The van der Waals surface area contributed by atoms with E-state index < -0.39 is 0 Å². The highest BCUT2D eigenvalue weighted by atomic mass is 16.5. The van der Waals surface area contributed by atoms with Crippen molar-refractivity contribution in [3.63, 3.8) is 0 Å². The predicted molar refractivity (Wildman–Crippen MR) is 50.8 cm³/mol. The molecule has 3 nitrogen and oxygen atoms in total. The Balaban J connectivity index is 2.61. The smallest absolute Gasteiger partial charge is 0.124 e. The first kappa shape index (κ1) is 9.74. The maximum atomic E-state index is 10.2. The van der Waals surface area contributed by atoms with Crippen LogP contribution in [-0.4, -0.2) is 19.4 Å². The standard InChI is InChI=1S/C10H13NO2/c11-5-7-13-10-3-1-2-9(8-10)4-6-12/h1-3,6,8H,4-5,7,11H2. The van der Waals surface area contributed by atoms with Gasteiger partial charge in [-0.1, -0.05) is 12.1 Å². The Morgan fingerprint density at radius 2 is 2.31 bits per heavy atom. The fourth-order valence-electron chi connectivity index (χ4n) is 1.04. The van der Waals surface area contributed by atoms with Crippen molar-refractivity contribution in [1.82, 2.24) is 0 Å². The number of hydrogen-bond acceptors (Lipinski definition) is 3. The zero-order valence-electron chi connectivity index (χ0n) is 7.40. The Bertz CT molecular complexity index is 273. The van der Waals surface area contributed by atoms with Crippen LogP contribution in [0.4, 0.5) is 0 Å². The van der Waals surface area contributed by atoms with Crippen LogP contribution < -0.4 is 10.5 Å². The number of hydrogen-bond donors (Lipinski definition) is 1. The van der Waals surface area contributed by atoms with Crippen molar-refractivity contribution in [2.24, 2.45) is 5.73 Å². The van der Waals surface area contributed by atoms with E-state index in [-0.39, 0.29) is 0 Å². The molecule has 0 heterocycles. The van der Waals surface area contributed by atoms with Crippen molar-refractivity contribution in [3.8, 4) is 5.75 Å². The van der Waals surface area contributed by atoms with Crippen molar-refractivity contribution in [2.45, 2.75) is 6.42 Å². The van der Waals surface area contributed by atoms with E-state index in [1.54, 1.807) is 0 Å². The summed E-state index contributed by atoms with van der Waals surface area (Å²) in [4.78, 5) is 10.2. The molecule has 0 unspecified atom stereocenters. The molecule has 0 aliphatic rings. The molecule has 0 bridgehead atoms. The lowest BCUT2D eigenvalue weighted by Crippen LogP contribution is -2.10. The van der Waals surface area contributed by atoms with Crippen molar-refractivity contribution < 1.29 is 9.53 Å². The Hall–Kier alpha value is -1.35. The molecule has 0 spiro atoms. The molecule has 0 fully saturated rings. The van der Waals surface area contributed by atoms with Crippen LogP contribution in [0.5, 0.6) is 5.75 Å². The second-order valence-electron chi connectivity index (χ2n) is 2.66. The molecule has 0 aromatic heterocycles. The van der Waals surface area contributed by atoms with Gasteiger partial charge in [0.2, 0.25) is 0 Å². The molecule has 0 amide bonds. The molecule has 3 heteroatoms. The van der Waals surface area contributed by atoms with Gasteiger partial charge >= 0.3 is 0 Å². The van der Waals surface area contributed by atoms with Crippen LogP contribution in [0.3, 0.4) is 0 Å². The van der Waals surface area contributed by atoms with E-state index in [1.807, 2.05) is 24.3 Å². The molecule has 0 saturated carbocycles. The zero-order valence-corrected chi connectivity index (χ0v) is 7.40. The Morgan fingerprint density at radius 1 is 1.46 bits per heavy atom. The third-order valence-electron chi connectivity index (χ3n) is 1.60. The monoisotopic (exact) mass is 179 g/mol. The van der Waals surface area contributed by atoms with Crippen LogP contribution in [0.25, 0.3) is 0 Å². The van der Waals surface area contributed by atoms with E-state index in [1.165, 1.54) is 0 Å². The van der Waals surface area contributed by atoms with Gasteiger partial charge in [0.15, 0.2) is 0 Å². The average molecular weight is 179 g/mol. The largest absolute Gasteiger partial charge is 0.492 e. The summed E-state index contributed by atoms with van der Waals surface area (Å²) >= 11 is 0. The summed E-state index contributed by atoms with van der Waals surface area (Å²) in [6.45, 7) is 1.00. The number of benzene rings is 1. The van der Waals surface area contributed by atoms with Crippen LogP contribution in [0.1, 0.15) is 5.56 Å². The van der Waals surface area contributed by atoms with Crippen molar-refractivity contribution >= 4 is 6.29 Å². The van der Waals surface area contributed by atoms with Gasteiger partial charge in [-0.3, -0.25) is 0 Å². The molecular weight excluding hydrogens is 166 g/mol. The summed E-state index contributed by atoms with van der Waals surface area (Å²) in [6.07, 6.45) is 1.31. The minimum absolute atomic E-state index is 0.430. The van der Waals surface area contributed by atoms with Crippen molar-refractivity contribution in [1.29, 1.82) is 0 Å². The summed E-state index contributed by atoms with van der Waals surface area (Å²) in [5.41, 5.74) is 6.25. The topological polar surface area (TPSA) is 52.3 Å². The minimum atomic E-state index is 0.430. The van der Waals surface area contributed by atoms with Gasteiger partial charge in [0, 0.05) is 13.0 Å². The lowest BCUT2D eigenvalue weighted by atomic mass is 10.2. The molecule has 13 heavy (non-hydrogen) atoms. The number of ether oxygens (including phenoxy) is 1. The molecule has 70 valence electrons. The number of rotatable bonds is 5. The van der Waals surface area contributed by atoms with Crippen LogP contribution in [0, 0.1) is 0 Å². The fourth-order valence-corrected chi connectivity index (χ4v) is 1.04. The first-order valence-corrected chi connectivity index (χ1v) is 4.22. The molecule has 0 aliphatic heterocycles. The van der Waals surface area contributed by atoms with E-state index >= 15 is 0 Å². The second kappa shape index (κ2) is 5.32. The third kappa shape index (κ3) is 3.25. The van der Waals surface area contributed by atoms with Crippen LogP contribution in [0.15, 0.2) is 24.3 Å². The third-order valence-corrected chi connectivity index (χ3v) is 1.60. The first-order chi connectivity index (χ1) is 6.36. The Labute approximate surface area is 77.5 Å². The average Bonchev–Trinajstić information content (AvgIpc) is 2.16. The first-order valence-electron chi connectivity index (χ1n) is 4.22. The molecule has 2 N–H and O–H groups in total. The van der Waals surface area contributed by atoms with E-state index in [2.05, 4.69) is 0 Å². The predicted octanol–water partition coefficient (Wildman–Crippen LogP) is 0.765. The Morgan fingerprint density at radius 3 is 3.00 bits per heavy atom. The van der Waals surface area contributed by atoms with E-state index in [0.717, 1.165) is 17.6 Å². The fraction of sp³-hybridized carbons (Fsp3) is 0.300. The highest BCUT2D eigenvalue weighted by molar-refractivity contribution is 5.55. The molecule has 1 aromatic carbocycles. The number of nitrogens with two attached hydrogens (primary N) is 1. The normalized spacial score (nSPS) is 9.62. The van der Waals surface area contributed by atoms with Gasteiger partial charge in [0.05, 0.1) is 0 Å². The molecule has 1 rings (SSSR count). The number of carbonyl (C=O) groups is 1. The summed E-state index contributed by atoms with van der Waals surface area (Å²) in [6, 6.07) is 7.46. The summed E-state index contributed by atoms with van der Waals surface area (Å²) in [7, 11) is 0. The molecule has 0 atom stereocenters. The quantitative estimate of drug-likeness (QED) is 0.679. The maximum absolute atomic E-state index is 10.2. The maximum Gasteiger partial charge on any atom is 0.124 e. The van der Waals surface area contributed by atoms with Gasteiger partial charge in [0.25, 0.3) is 0 Å². The van der Waals surface area contributed by atoms with Crippen LogP contribution in [0.2, 0.25) is 0 Å². The summed E-state index contributed by atoms with van der Waals surface area (Å²) < 4.78 is 5.30. The lowest BCUT2D eigenvalue weighted by Gasteiger charge is -2.04. The number of carbonyl (C=O) groups excluding carboxylic acids is 1. The van der Waals surface area contributed by atoms with Crippen LogP contribution >= 0.6 is 0 Å². The van der Waals surface area contributed by atoms with Gasteiger partial charge in [-0.15, -0.1) is 0 Å². The molecule has 0 saturated heterocycles. The SMILES string of the molecule is NCCOc1cccc(CC=O)c1. The highest BCUT2D eigenvalue weighted by Crippen LogP contribution is 2.12. The summed E-state index contributed by atoms with van der Waals surface area (Å²) in [5, 5.41) is 0. The van der Waals surface area contributed by atoms with Gasteiger partial charge in [-0.2, -0.15) is 0 Å². The zero-order chi connectivity index (χ0) is 9.52. The van der Waals surface area contributed by atoms with Gasteiger partial charge in [-0.05, 0) is 17.7 Å². The van der Waals surface area contributed by atoms with Crippen molar-refractivity contribution in [2.75, 3.05) is 13.2 Å². The summed E-state index contributed by atoms with van der Waals surface area (Å²) in [5.74, 6) is 0.768. The second-order valence-corrected chi connectivity index (χ2v) is 2.66. The van der Waals surface area contributed by atoms with E-state index in [0.29, 0.717) is 19.6 Å².